The molecule has 0 bridgehead atoms. The van der Waals surface area contributed by atoms with E-state index in [1.54, 1.807) is 6.07 Å². The zero-order chi connectivity index (χ0) is 13.5. The minimum atomic E-state index is 0.0270. The number of halogens is 1. The second kappa shape index (κ2) is 7.17. The summed E-state index contributed by atoms with van der Waals surface area (Å²) in [6.45, 7) is 0.507. The molecular weight excluding hydrogens is 258 g/mol. The van der Waals surface area contributed by atoms with Gasteiger partial charge in [0.15, 0.2) is 0 Å². The molecule has 3 heteroatoms. The first-order valence-electron chi connectivity index (χ1n) is 6.42. The molecule has 0 fully saturated rings. The van der Waals surface area contributed by atoms with Crippen molar-refractivity contribution in [2.24, 2.45) is 5.73 Å². The van der Waals surface area contributed by atoms with Crippen LogP contribution >= 0.6 is 11.6 Å². The number of hydrogen-bond donors (Lipinski definition) is 1. The zero-order valence-corrected chi connectivity index (χ0v) is 11.5. The van der Waals surface area contributed by atoms with Gasteiger partial charge in [0.1, 0.15) is 12.4 Å². The molecule has 0 aliphatic rings. The first-order chi connectivity index (χ1) is 9.24. The van der Waals surface area contributed by atoms with Gasteiger partial charge in [-0.05, 0) is 36.6 Å². The van der Waals surface area contributed by atoms with Crippen LogP contribution in [0.15, 0.2) is 54.6 Å². The quantitative estimate of drug-likeness (QED) is 0.873. The van der Waals surface area contributed by atoms with Crippen LogP contribution in [0.5, 0.6) is 5.75 Å². The fourth-order valence-electron chi connectivity index (χ4n) is 1.84. The second-order valence-electron chi connectivity index (χ2n) is 4.55. The summed E-state index contributed by atoms with van der Waals surface area (Å²) in [5.41, 5.74) is 7.36. The van der Waals surface area contributed by atoms with Crippen molar-refractivity contribution >= 4 is 11.6 Å². The molecule has 0 aliphatic heterocycles. The predicted octanol–water partition coefficient (Wildman–Crippen LogP) is 3.68. The topological polar surface area (TPSA) is 35.2 Å². The van der Waals surface area contributed by atoms with Crippen molar-refractivity contribution < 1.29 is 4.74 Å². The Morgan fingerprint density at radius 3 is 2.58 bits per heavy atom. The molecule has 0 heterocycles. The highest BCUT2D eigenvalue weighted by molar-refractivity contribution is 6.30. The summed E-state index contributed by atoms with van der Waals surface area (Å²) < 4.78 is 5.63. The van der Waals surface area contributed by atoms with Crippen molar-refractivity contribution in [3.8, 4) is 5.75 Å². The van der Waals surface area contributed by atoms with Gasteiger partial charge in [-0.15, -0.1) is 0 Å². The average Bonchev–Trinajstić information content (AvgIpc) is 2.44. The van der Waals surface area contributed by atoms with Gasteiger partial charge in [-0.1, -0.05) is 48.0 Å². The molecule has 0 spiro atoms. The van der Waals surface area contributed by atoms with E-state index in [1.165, 1.54) is 5.56 Å². The molecule has 0 aliphatic carbocycles. The first-order valence-corrected chi connectivity index (χ1v) is 6.80. The van der Waals surface area contributed by atoms with Gasteiger partial charge in [0.05, 0.1) is 0 Å². The maximum atomic E-state index is 6.05. The van der Waals surface area contributed by atoms with Gasteiger partial charge in [-0.25, -0.2) is 0 Å². The van der Waals surface area contributed by atoms with Crippen LogP contribution in [0.4, 0.5) is 0 Å². The van der Waals surface area contributed by atoms with E-state index in [2.05, 4.69) is 12.1 Å². The molecule has 2 N–H and O–H groups in total. The Labute approximate surface area is 119 Å². The summed E-state index contributed by atoms with van der Waals surface area (Å²) in [4.78, 5) is 0. The first kappa shape index (κ1) is 13.9. The lowest BCUT2D eigenvalue weighted by molar-refractivity contribution is 0.282. The number of ether oxygens (including phenoxy) is 1. The van der Waals surface area contributed by atoms with Gasteiger partial charge in [-0.3, -0.25) is 0 Å². The molecule has 0 amide bonds. The van der Waals surface area contributed by atoms with Gasteiger partial charge >= 0.3 is 0 Å². The molecule has 0 aromatic heterocycles. The minimum absolute atomic E-state index is 0.0270. The predicted molar refractivity (Wildman–Crippen MR) is 79.7 cm³/mol. The Morgan fingerprint density at radius 2 is 1.84 bits per heavy atom. The standard InChI is InChI=1S/C16H18ClNO/c17-14-7-4-8-16(11-14)19-12-15(18)10-9-13-5-2-1-3-6-13/h1-8,11,15H,9-10,12,18H2. The molecule has 2 rings (SSSR count). The maximum Gasteiger partial charge on any atom is 0.120 e. The highest BCUT2D eigenvalue weighted by atomic mass is 35.5. The molecular formula is C16H18ClNO. The molecule has 0 saturated heterocycles. The van der Waals surface area contributed by atoms with Crippen LogP contribution < -0.4 is 10.5 Å². The van der Waals surface area contributed by atoms with Crippen molar-refractivity contribution in [3.63, 3.8) is 0 Å². The third kappa shape index (κ3) is 4.93. The van der Waals surface area contributed by atoms with E-state index in [-0.39, 0.29) is 6.04 Å². The van der Waals surface area contributed by atoms with Crippen LogP contribution in [-0.4, -0.2) is 12.6 Å². The third-order valence-electron chi connectivity index (χ3n) is 2.91. The molecule has 100 valence electrons. The lowest BCUT2D eigenvalue weighted by Crippen LogP contribution is -2.28. The van der Waals surface area contributed by atoms with E-state index >= 15 is 0 Å². The number of nitrogens with two attached hydrogens (primary N) is 1. The SMILES string of the molecule is NC(CCc1ccccc1)COc1cccc(Cl)c1. The minimum Gasteiger partial charge on any atom is -0.492 e. The number of rotatable bonds is 6. The summed E-state index contributed by atoms with van der Waals surface area (Å²) in [5, 5.41) is 0.676. The number of hydrogen-bond acceptors (Lipinski definition) is 2. The molecule has 0 saturated carbocycles. The van der Waals surface area contributed by atoms with Crippen molar-refractivity contribution in [2.75, 3.05) is 6.61 Å². The average molecular weight is 276 g/mol. The molecule has 2 aromatic carbocycles. The zero-order valence-electron chi connectivity index (χ0n) is 10.8. The van der Waals surface area contributed by atoms with Crippen molar-refractivity contribution in [3.05, 3.63) is 65.2 Å². The van der Waals surface area contributed by atoms with Gasteiger partial charge in [0.25, 0.3) is 0 Å². The van der Waals surface area contributed by atoms with Crippen molar-refractivity contribution in [2.45, 2.75) is 18.9 Å². The Morgan fingerprint density at radius 1 is 1.05 bits per heavy atom. The highest BCUT2D eigenvalue weighted by Crippen LogP contribution is 2.17. The second-order valence-corrected chi connectivity index (χ2v) is 4.99. The lowest BCUT2D eigenvalue weighted by atomic mass is 10.1. The van der Waals surface area contributed by atoms with E-state index in [4.69, 9.17) is 22.1 Å². The normalized spacial score (nSPS) is 12.1. The lowest BCUT2D eigenvalue weighted by Gasteiger charge is -2.13. The largest absolute Gasteiger partial charge is 0.492 e. The van der Waals surface area contributed by atoms with Gasteiger partial charge in [-0.2, -0.15) is 0 Å². The van der Waals surface area contributed by atoms with Crippen LogP contribution in [0.25, 0.3) is 0 Å². The highest BCUT2D eigenvalue weighted by Gasteiger charge is 2.04. The Balaban J connectivity index is 1.74. The summed E-state index contributed by atoms with van der Waals surface area (Å²) in [6, 6.07) is 17.7. The fraction of sp³-hybridized carbons (Fsp3) is 0.250. The molecule has 2 aromatic rings. The van der Waals surface area contributed by atoms with E-state index in [1.807, 2.05) is 36.4 Å². The molecule has 1 unspecified atom stereocenters. The smallest absolute Gasteiger partial charge is 0.120 e. The maximum absolute atomic E-state index is 6.05. The van der Waals surface area contributed by atoms with E-state index in [0.29, 0.717) is 11.6 Å². The van der Waals surface area contributed by atoms with Crippen molar-refractivity contribution in [1.82, 2.24) is 0 Å². The summed E-state index contributed by atoms with van der Waals surface area (Å²) >= 11 is 5.89. The monoisotopic (exact) mass is 275 g/mol. The Kier molecular flexibility index (Phi) is 5.25. The summed E-state index contributed by atoms with van der Waals surface area (Å²) in [5.74, 6) is 0.766. The third-order valence-corrected chi connectivity index (χ3v) is 3.14. The van der Waals surface area contributed by atoms with Crippen LogP contribution in [0, 0.1) is 0 Å². The van der Waals surface area contributed by atoms with E-state index in [9.17, 15) is 0 Å². The van der Waals surface area contributed by atoms with Gasteiger partial charge < -0.3 is 10.5 Å². The number of aryl methyl sites for hydroxylation is 1. The number of benzene rings is 2. The van der Waals surface area contributed by atoms with Crippen LogP contribution in [-0.2, 0) is 6.42 Å². The Bertz CT molecular complexity index is 501. The summed E-state index contributed by atoms with van der Waals surface area (Å²) in [6.07, 6.45) is 1.88. The Hall–Kier alpha value is -1.51. The molecule has 2 nitrogen and oxygen atoms in total. The van der Waals surface area contributed by atoms with Crippen LogP contribution in [0.1, 0.15) is 12.0 Å². The van der Waals surface area contributed by atoms with Gasteiger partial charge in [0.2, 0.25) is 0 Å². The van der Waals surface area contributed by atoms with Gasteiger partial charge in [0, 0.05) is 11.1 Å². The van der Waals surface area contributed by atoms with E-state index in [0.717, 1.165) is 18.6 Å². The van der Waals surface area contributed by atoms with Crippen LogP contribution in [0.2, 0.25) is 5.02 Å². The molecule has 1 atom stereocenters. The molecule has 0 radical (unpaired) electrons. The summed E-state index contributed by atoms with van der Waals surface area (Å²) in [7, 11) is 0. The van der Waals surface area contributed by atoms with Crippen LogP contribution in [0.3, 0.4) is 0 Å². The van der Waals surface area contributed by atoms with Crippen molar-refractivity contribution in [1.29, 1.82) is 0 Å². The fourth-order valence-corrected chi connectivity index (χ4v) is 2.02. The van der Waals surface area contributed by atoms with E-state index < -0.39 is 0 Å². The molecule has 19 heavy (non-hydrogen) atoms.